The topological polar surface area (TPSA) is 194 Å². The van der Waals surface area contributed by atoms with Crippen LogP contribution in [0.3, 0.4) is 0 Å². The van der Waals surface area contributed by atoms with E-state index in [1.165, 1.54) is 25.3 Å². The summed E-state index contributed by atoms with van der Waals surface area (Å²) in [5, 5.41) is 2.58. The van der Waals surface area contributed by atoms with Gasteiger partial charge >= 0.3 is 11.9 Å². The van der Waals surface area contributed by atoms with Crippen LogP contribution in [-0.4, -0.2) is 46.9 Å². The molecule has 15 heteroatoms. The first-order valence-electron chi connectivity index (χ1n) is 10.8. The van der Waals surface area contributed by atoms with E-state index in [0.29, 0.717) is 5.56 Å². The van der Waals surface area contributed by atoms with Gasteiger partial charge in [-0.2, -0.15) is 13.2 Å². The van der Waals surface area contributed by atoms with Gasteiger partial charge in [0.05, 0.1) is 29.4 Å². The number of imidazole rings is 1. The zero-order valence-corrected chi connectivity index (χ0v) is 20.0. The SMILES string of the molecule is COc1ccc(F)cc1C(=O)NCc1ccc(/C(N)=C(\C(N)=O)C(N)=NC(C)C(F)(F)F)c2[nH]c(=O)[nH]c12. The van der Waals surface area contributed by atoms with Crippen LogP contribution in [0.2, 0.25) is 0 Å². The molecule has 0 saturated heterocycles. The number of fused-ring (bicyclic) bond motifs is 1. The quantitative estimate of drug-likeness (QED) is 0.109. The van der Waals surface area contributed by atoms with Crippen LogP contribution >= 0.6 is 0 Å². The number of hydrogen-bond acceptors (Lipinski definition) is 6. The van der Waals surface area contributed by atoms with E-state index < -0.39 is 52.6 Å². The zero-order valence-electron chi connectivity index (χ0n) is 20.0. The number of alkyl halides is 3. The number of aromatic nitrogens is 2. The molecular formula is C23H23F4N7O4. The number of carbonyl (C=O) groups is 2. The summed E-state index contributed by atoms with van der Waals surface area (Å²) in [6.45, 7) is 0.577. The minimum atomic E-state index is -4.73. The van der Waals surface area contributed by atoms with Crippen LogP contribution in [0.25, 0.3) is 16.7 Å². The van der Waals surface area contributed by atoms with Crippen molar-refractivity contribution in [2.24, 2.45) is 22.2 Å². The Morgan fingerprint density at radius 2 is 1.74 bits per heavy atom. The molecule has 2 aromatic carbocycles. The molecule has 0 fully saturated rings. The van der Waals surface area contributed by atoms with Gasteiger partial charge in [0.15, 0.2) is 0 Å². The maximum atomic E-state index is 13.6. The van der Waals surface area contributed by atoms with Crippen molar-refractivity contribution in [2.45, 2.75) is 25.7 Å². The van der Waals surface area contributed by atoms with E-state index in [1.807, 2.05) is 0 Å². The second-order valence-electron chi connectivity index (χ2n) is 8.01. The lowest BCUT2D eigenvalue weighted by atomic mass is 10.0. The van der Waals surface area contributed by atoms with Gasteiger partial charge in [-0.1, -0.05) is 12.1 Å². The van der Waals surface area contributed by atoms with E-state index >= 15 is 0 Å². The smallest absolute Gasteiger partial charge is 0.410 e. The average molecular weight is 537 g/mol. The summed E-state index contributed by atoms with van der Waals surface area (Å²) in [7, 11) is 1.32. The first-order valence-corrected chi connectivity index (χ1v) is 10.8. The molecular weight excluding hydrogens is 514 g/mol. The number of aliphatic imine (C=N–C) groups is 1. The number of nitrogens with zero attached hydrogens (tertiary/aromatic N) is 1. The Bertz CT molecular complexity index is 1520. The first kappa shape index (κ1) is 27.8. The number of methoxy groups -OCH3 is 1. The number of primary amides is 1. The zero-order chi connectivity index (χ0) is 28.4. The molecule has 3 rings (SSSR count). The Balaban J connectivity index is 2.03. The highest BCUT2D eigenvalue weighted by Gasteiger charge is 2.36. The molecule has 11 nitrogen and oxygen atoms in total. The highest BCUT2D eigenvalue weighted by Crippen LogP contribution is 2.26. The number of H-pyrrole nitrogens is 2. The third kappa shape index (κ3) is 5.77. The molecule has 2 amide bonds. The van der Waals surface area contributed by atoms with Crippen molar-refractivity contribution in [3.8, 4) is 5.75 Å². The summed E-state index contributed by atoms with van der Waals surface area (Å²) in [6.07, 6.45) is -4.73. The van der Waals surface area contributed by atoms with E-state index in [2.05, 4.69) is 20.3 Å². The number of benzene rings is 2. The van der Waals surface area contributed by atoms with Gasteiger partial charge in [-0.25, -0.2) is 9.18 Å². The molecule has 0 saturated carbocycles. The fraction of sp³-hybridized carbons (Fsp3) is 0.217. The molecule has 1 unspecified atom stereocenters. The molecule has 0 spiro atoms. The summed E-state index contributed by atoms with van der Waals surface area (Å²) in [5.74, 6) is -3.28. The van der Waals surface area contributed by atoms with Crippen molar-refractivity contribution >= 4 is 34.4 Å². The molecule has 38 heavy (non-hydrogen) atoms. The van der Waals surface area contributed by atoms with E-state index in [1.54, 1.807) is 0 Å². The third-order valence-corrected chi connectivity index (χ3v) is 5.48. The van der Waals surface area contributed by atoms with Gasteiger partial charge in [0.2, 0.25) is 0 Å². The minimum Gasteiger partial charge on any atom is -0.496 e. The number of nitrogens with two attached hydrogens (primary N) is 3. The molecule has 0 bridgehead atoms. The third-order valence-electron chi connectivity index (χ3n) is 5.48. The highest BCUT2D eigenvalue weighted by molar-refractivity contribution is 6.25. The van der Waals surface area contributed by atoms with Gasteiger partial charge in [-0.05, 0) is 30.7 Å². The lowest BCUT2D eigenvalue weighted by Crippen LogP contribution is -2.33. The Hall–Kier alpha value is -4.82. The number of halogens is 4. The molecule has 1 heterocycles. The number of hydrogen-bond donors (Lipinski definition) is 6. The van der Waals surface area contributed by atoms with E-state index in [-0.39, 0.29) is 34.5 Å². The Labute approximate surface area is 211 Å². The van der Waals surface area contributed by atoms with Gasteiger partial charge in [-0.3, -0.25) is 14.6 Å². The predicted octanol–water partition coefficient (Wildman–Crippen LogP) is 1.40. The largest absolute Gasteiger partial charge is 0.496 e. The maximum absolute atomic E-state index is 13.6. The van der Waals surface area contributed by atoms with Gasteiger partial charge in [-0.15, -0.1) is 0 Å². The summed E-state index contributed by atoms with van der Waals surface area (Å²) in [4.78, 5) is 45.1. The van der Waals surface area contributed by atoms with Crippen molar-refractivity contribution in [1.29, 1.82) is 0 Å². The van der Waals surface area contributed by atoms with Crippen LogP contribution in [0.1, 0.15) is 28.4 Å². The van der Waals surface area contributed by atoms with Crippen LogP contribution in [0.4, 0.5) is 17.6 Å². The number of amidine groups is 1. The monoisotopic (exact) mass is 537 g/mol. The maximum Gasteiger partial charge on any atom is 0.410 e. The van der Waals surface area contributed by atoms with Crippen molar-refractivity contribution in [3.05, 3.63) is 68.9 Å². The number of carbonyl (C=O) groups excluding carboxylic acids is 2. The lowest BCUT2D eigenvalue weighted by molar-refractivity contribution is -0.142. The van der Waals surface area contributed by atoms with Crippen molar-refractivity contribution in [1.82, 2.24) is 15.3 Å². The molecule has 0 radical (unpaired) electrons. The molecule has 0 aliphatic carbocycles. The van der Waals surface area contributed by atoms with Gasteiger partial charge < -0.3 is 37.2 Å². The number of aromatic amines is 2. The van der Waals surface area contributed by atoms with Crippen LogP contribution in [0.5, 0.6) is 5.75 Å². The summed E-state index contributed by atoms with van der Waals surface area (Å²) in [5.41, 5.74) is 15.8. The highest BCUT2D eigenvalue weighted by atomic mass is 19.4. The summed E-state index contributed by atoms with van der Waals surface area (Å²) < 4.78 is 57.5. The normalized spacial score (nSPS) is 13.7. The molecule has 0 aliphatic heterocycles. The fourth-order valence-corrected chi connectivity index (χ4v) is 3.55. The standard InChI is InChI=1S/C23H23F4N7O4/c1-9(23(25,26)27)32-19(29)15(20(30)35)16(28)12-5-3-10(17-18(12)34-22(37)33-17)8-31-21(36)13-7-11(24)4-6-14(13)38-2/h3-7,9H,8,28H2,1-2H3,(H2,29,32)(H2,30,35)(H,31,36)(H2,33,34,37)/b16-15+. The van der Waals surface area contributed by atoms with E-state index in [9.17, 15) is 31.9 Å². The summed E-state index contributed by atoms with van der Waals surface area (Å²) >= 11 is 0. The Morgan fingerprint density at radius 3 is 2.34 bits per heavy atom. The van der Waals surface area contributed by atoms with Crippen LogP contribution in [-0.2, 0) is 11.3 Å². The number of ether oxygens (including phenoxy) is 1. The average Bonchev–Trinajstić information content (AvgIpc) is 3.22. The molecule has 3 aromatic rings. The molecule has 9 N–H and O–H groups in total. The Kier molecular flexibility index (Phi) is 7.79. The van der Waals surface area contributed by atoms with Crippen molar-refractivity contribution in [3.63, 3.8) is 0 Å². The van der Waals surface area contributed by atoms with Crippen LogP contribution in [0.15, 0.2) is 45.7 Å². The lowest BCUT2D eigenvalue weighted by Gasteiger charge is -2.15. The van der Waals surface area contributed by atoms with Crippen LogP contribution in [0, 0.1) is 5.82 Å². The molecule has 1 atom stereocenters. The van der Waals surface area contributed by atoms with Gasteiger partial charge in [0.25, 0.3) is 11.8 Å². The van der Waals surface area contributed by atoms with Crippen LogP contribution < -0.4 is 32.9 Å². The second-order valence-corrected chi connectivity index (χ2v) is 8.01. The van der Waals surface area contributed by atoms with Crippen molar-refractivity contribution in [2.75, 3.05) is 7.11 Å². The number of amides is 2. The number of nitrogens with one attached hydrogen (secondary N) is 3. The van der Waals surface area contributed by atoms with Gasteiger partial charge in [0, 0.05) is 12.1 Å². The van der Waals surface area contributed by atoms with E-state index in [0.717, 1.165) is 19.1 Å². The predicted molar refractivity (Wildman–Crippen MR) is 130 cm³/mol. The minimum absolute atomic E-state index is 0.00633. The molecule has 202 valence electrons. The van der Waals surface area contributed by atoms with E-state index in [4.69, 9.17) is 21.9 Å². The Morgan fingerprint density at radius 1 is 1.08 bits per heavy atom. The second kappa shape index (κ2) is 10.7. The molecule has 0 aliphatic rings. The summed E-state index contributed by atoms with van der Waals surface area (Å²) in [6, 6.07) is 3.93. The fourth-order valence-electron chi connectivity index (χ4n) is 3.55. The molecule has 1 aromatic heterocycles. The number of rotatable bonds is 8. The van der Waals surface area contributed by atoms with Gasteiger partial charge in [0.1, 0.15) is 29.0 Å². The first-order chi connectivity index (χ1) is 17.7. The van der Waals surface area contributed by atoms with Crippen molar-refractivity contribution < 1.29 is 31.9 Å².